The number of sulfonamides is 4. The lowest BCUT2D eigenvalue weighted by atomic mass is 9.96. The Morgan fingerprint density at radius 3 is 0.972 bits per heavy atom. The quantitative estimate of drug-likeness (QED) is 0.0236. The average molecular weight is 1590 g/mol. The van der Waals surface area contributed by atoms with Crippen molar-refractivity contribution in [2.45, 2.75) is 142 Å². The van der Waals surface area contributed by atoms with Gasteiger partial charge < -0.3 is 41.5 Å². The van der Waals surface area contributed by atoms with Gasteiger partial charge in [-0.3, -0.25) is 22.0 Å². The molecule has 0 radical (unpaired) electrons. The highest BCUT2D eigenvalue weighted by Crippen LogP contribution is 2.45. The van der Waals surface area contributed by atoms with E-state index in [9.17, 15) is 38.5 Å². The van der Waals surface area contributed by atoms with Crippen LogP contribution in [0.1, 0.15) is 162 Å². The Bertz CT molecular complexity index is 4730. The molecule has 4 unspecified atom stereocenters. The van der Waals surface area contributed by atoms with Crippen LogP contribution in [0.3, 0.4) is 0 Å². The second-order valence-corrected chi connectivity index (χ2v) is 36.6. The molecule has 0 aromatic heterocycles. The minimum atomic E-state index is -3.64. The number of hydrogen-bond donors (Lipinski definition) is 7. The summed E-state index contributed by atoms with van der Waals surface area (Å²) in [4.78, 5) is 13.1. The van der Waals surface area contributed by atoms with Gasteiger partial charge in [0.25, 0.3) is 40.1 Å². The number of carbonyl (C=O) groups excluding carboxylic acids is 1. The minimum Gasteiger partial charge on any atom is -0.396 e. The molecule has 109 heavy (non-hydrogen) atoms. The monoisotopic (exact) mass is 1580 g/mol. The first-order valence-electron chi connectivity index (χ1n) is 37.4. The van der Waals surface area contributed by atoms with Crippen LogP contribution in [-0.2, 0) is 49.6 Å². The third-order valence-corrected chi connectivity index (χ3v) is 28.1. The number of nitrogens with one attached hydrogen (secondary N) is 5. The van der Waals surface area contributed by atoms with Gasteiger partial charge in [0, 0.05) is 61.5 Å². The number of methoxy groups -OCH3 is 1. The fourth-order valence-corrected chi connectivity index (χ4v) is 20.8. The van der Waals surface area contributed by atoms with Crippen molar-refractivity contribution in [3.05, 3.63) is 237 Å². The number of nitrogens with zero attached hydrogens (tertiary/aromatic N) is 4. The third kappa shape index (κ3) is 20.3. The van der Waals surface area contributed by atoms with Gasteiger partial charge in [-0.05, 0) is 233 Å². The van der Waals surface area contributed by atoms with Crippen molar-refractivity contribution in [1.29, 1.82) is 0 Å². The van der Waals surface area contributed by atoms with Crippen molar-refractivity contribution in [2.24, 2.45) is 0 Å². The van der Waals surface area contributed by atoms with Gasteiger partial charge in [0.1, 0.15) is 0 Å². The number of carbonyl (C=O) groups is 1. The fraction of sp³-hybridized carbons (Fsp3) is 0.410. The normalized spacial score (nSPS) is 17.8. The Morgan fingerprint density at radius 1 is 0.376 bits per heavy atom. The molecular weight excluding hydrogens is 1480 g/mol. The van der Waals surface area contributed by atoms with E-state index in [0.717, 1.165) is 174 Å². The smallest absolute Gasteiger partial charge is 0.264 e. The highest BCUT2D eigenvalue weighted by Gasteiger charge is 2.39. The number of benzene rings is 8. The Balaban J connectivity index is 0.000000168. The molecule has 0 fully saturated rings. The van der Waals surface area contributed by atoms with E-state index in [1.54, 1.807) is 59.6 Å². The predicted octanol–water partition coefficient (Wildman–Crippen LogP) is 12.7. The van der Waals surface area contributed by atoms with E-state index in [1.165, 1.54) is 17.2 Å². The van der Waals surface area contributed by atoms with Crippen LogP contribution in [0, 0.1) is 27.7 Å². The number of anilines is 4. The van der Waals surface area contributed by atoms with Gasteiger partial charge in [0.2, 0.25) is 5.91 Å². The molecule has 0 saturated heterocycles. The van der Waals surface area contributed by atoms with Crippen LogP contribution >= 0.6 is 11.8 Å². The summed E-state index contributed by atoms with van der Waals surface area (Å²) in [6.07, 6.45) is 12.0. The van der Waals surface area contributed by atoms with Gasteiger partial charge in [-0.1, -0.05) is 134 Å². The highest BCUT2D eigenvalue weighted by molar-refractivity contribution is 7.98. The van der Waals surface area contributed by atoms with Crippen LogP contribution in [0.15, 0.2) is 189 Å². The van der Waals surface area contributed by atoms with Gasteiger partial charge in [-0.2, -0.15) is 11.8 Å². The molecule has 26 heteroatoms. The summed E-state index contributed by atoms with van der Waals surface area (Å²) in [5.41, 5.74) is 13.6. The molecule has 0 aliphatic carbocycles. The van der Waals surface area contributed by atoms with Crippen LogP contribution in [0.5, 0.6) is 0 Å². The van der Waals surface area contributed by atoms with Gasteiger partial charge in [-0.25, -0.2) is 33.7 Å². The summed E-state index contributed by atoms with van der Waals surface area (Å²) in [5, 5.41) is 34.6. The van der Waals surface area contributed by atoms with E-state index >= 15 is 0 Å². The van der Waals surface area contributed by atoms with Gasteiger partial charge in [0.15, 0.2) is 0 Å². The molecule has 7 N–H and O–H groups in total. The van der Waals surface area contributed by atoms with Crippen molar-refractivity contribution >= 4 is 80.5 Å². The first-order chi connectivity index (χ1) is 52.2. The summed E-state index contributed by atoms with van der Waals surface area (Å²) in [6, 6.07) is 52.7. The van der Waals surface area contributed by atoms with E-state index in [0.29, 0.717) is 50.5 Å². The maximum absolute atomic E-state index is 13.3. The molecule has 4 aliphatic heterocycles. The number of para-hydroxylation sites is 4. The molecule has 4 atom stereocenters. The number of unbranched alkanes of at least 4 members (excludes halogenated alkanes) is 6. The zero-order valence-corrected chi connectivity index (χ0v) is 68.5. The topological polar surface area (TPSA) is 276 Å². The molecule has 588 valence electrons. The highest BCUT2D eigenvalue weighted by atomic mass is 32.2. The summed E-state index contributed by atoms with van der Waals surface area (Å²) in [7, 11) is -6.21. The molecule has 8 aromatic rings. The maximum Gasteiger partial charge on any atom is 0.264 e. The van der Waals surface area contributed by atoms with E-state index in [1.807, 2.05) is 185 Å². The molecular formula is C83H109N9O12S5. The molecule has 12 rings (SSSR count). The number of amides is 1. The number of thioether (sulfide) groups is 1. The SMILES string of the molecule is COCCCCCNC1c2ccccc2N(C)S(=O)(=O)c2cc(C)ccc21.CSCCCNC1c2ccccc2N(C)S(=O)(=O)c2cc(C)ccc21.Cc1ccc2c(c1)S(=O)(=O)N(C)c1ccccc1C2NCCCCCCC(=O)NCCO.Cc1ccc2c(c1)S(=O)(=O)N(C)c1ccccc1C2NCCCCO. The van der Waals surface area contributed by atoms with E-state index in [-0.39, 0.29) is 43.3 Å². The number of hydrogen-bond acceptors (Lipinski definition) is 17. The van der Waals surface area contributed by atoms with E-state index in [2.05, 4.69) is 32.8 Å². The summed E-state index contributed by atoms with van der Waals surface area (Å²) >= 11 is 1.82. The molecule has 8 aromatic carbocycles. The van der Waals surface area contributed by atoms with Crippen molar-refractivity contribution in [3.8, 4) is 0 Å². The Labute approximate surface area is 651 Å². The molecule has 21 nitrogen and oxygen atoms in total. The van der Waals surface area contributed by atoms with Crippen molar-refractivity contribution < 1.29 is 53.4 Å². The molecule has 0 spiro atoms. The standard InChI is InChI=1S/C24H33N3O4S.C21H28N2O3S.C19H24N2O3S.C19H24N2O2S2/c1-18-12-13-20-22(17-18)32(30,31)27(2)21-10-7-6-9-19(21)24(20)26-14-8-4-3-5-11-23(29)25-15-16-28;1-16-11-12-18-20(15-16)27(24,25)23(2)19-10-6-5-9-17(19)21(18)22-13-7-4-8-14-26-3;1-14-9-10-16-18(13-14)25(23,24)21(2)17-8-4-3-7-15(17)19(16)20-11-5-6-12-22;1-14-9-10-16-18(13-14)25(22,23)21(2)17-8-5-4-7-15(17)19(16)20-11-6-12-24-3/h6-7,9-10,12-13,17,24,26,28H,3-5,8,11,14-16H2,1-2H3,(H,25,29);5-6,9-12,15,21-22H,4,7-8,13-14H2,1-3H3;3-4,7-10,13,19-20,22H,5-6,11-12H2,1-2H3;4-5,7-10,13,19-20H,6,11-12H2,1-3H3. The van der Waals surface area contributed by atoms with Crippen LogP contribution < -0.4 is 43.8 Å². The molecule has 0 bridgehead atoms. The van der Waals surface area contributed by atoms with Crippen LogP contribution in [0.4, 0.5) is 22.7 Å². The number of aryl methyl sites for hydroxylation is 4. The average Bonchev–Trinajstić information content (AvgIpc) is 1.63. The van der Waals surface area contributed by atoms with Crippen LogP contribution in [0.25, 0.3) is 0 Å². The second-order valence-electron chi connectivity index (χ2n) is 27.9. The first kappa shape index (κ1) is 85.3. The summed E-state index contributed by atoms with van der Waals surface area (Å²) < 4.78 is 116. The fourth-order valence-electron chi connectivity index (χ4n) is 14.2. The van der Waals surface area contributed by atoms with Gasteiger partial charge in [0.05, 0.1) is 73.1 Å². The number of aliphatic hydroxyl groups is 2. The third-order valence-electron chi connectivity index (χ3n) is 20.1. The number of fused-ring (bicyclic) bond motifs is 8. The zero-order valence-electron chi connectivity index (χ0n) is 64.4. The lowest BCUT2D eigenvalue weighted by molar-refractivity contribution is -0.121. The Kier molecular flexibility index (Phi) is 30.9. The Morgan fingerprint density at radius 2 is 0.670 bits per heavy atom. The van der Waals surface area contributed by atoms with E-state index < -0.39 is 40.1 Å². The lowest BCUT2D eigenvalue weighted by Gasteiger charge is -2.22. The second kappa shape index (κ2) is 39.5. The minimum absolute atomic E-state index is 0.0236. The predicted molar refractivity (Wildman–Crippen MR) is 440 cm³/mol. The van der Waals surface area contributed by atoms with Crippen LogP contribution in [0.2, 0.25) is 0 Å². The number of ether oxygens (including phenoxy) is 1. The summed E-state index contributed by atoms with van der Waals surface area (Å²) in [5.74, 6) is 1.06. The Hall–Kier alpha value is -7.70. The lowest BCUT2D eigenvalue weighted by Crippen LogP contribution is -2.26. The van der Waals surface area contributed by atoms with Crippen molar-refractivity contribution in [1.82, 2.24) is 26.6 Å². The molecule has 4 aliphatic rings. The largest absolute Gasteiger partial charge is 0.396 e. The number of aliphatic hydroxyl groups excluding tert-OH is 2. The van der Waals surface area contributed by atoms with E-state index in [4.69, 9.17) is 14.9 Å². The zero-order chi connectivity index (χ0) is 78.6. The maximum atomic E-state index is 13.3. The van der Waals surface area contributed by atoms with Crippen LogP contribution in [-0.4, -0.2) is 150 Å². The molecule has 0 saturated carbocycles. The first-order valence-corrected chi connectivity index (χ1v) is 44.5. The van der Waals surface area contributed by atoms with Crippen molar-refractivity contribution in [2.75, 3.05) is 117 Å². The molecule has 4 heterocycles. The molecule has 1 amide bonds. The van der Waals surface area contributed by atoms with Crippen molar-refractivity contribution in [3.63, 3.8) is 0 Å². The number of rotatable bonds is 27. The summed E-state index contributed by atoms with van der Waals surface area (Å²) in [6.45, 7) is 12.0. The van der Waals surface area contributed by atoms with Gasteiger partial charge >= 0.3 is 0 Å². The van der Waals surface area contributed by atoms with Gasteiger partial charge in [-0.15, -0.1) is 0 Å².